The summed E-state index contributed by atoms with van der Waals surface area (Å²) in [5.74, 6) is 1.51. The van der Waals surface area contributed by atoms with Gasteiger partial charge in [-0.05, 0) is 25.1 Å². The predicted octanol–water partition coefficient (Wildman–Crippen LogP) is 2.79. The molecule has 28 heavy (non-hydrogen) atoms. The molecule has 5 rings (SSSR count). The van der Waals surface area contributed by atoms with Crippen LogP contribution < -0.4 is 5.32 Å². The van der Waals surface area contributed by atoms with Crippen LogP contribution in [0.2, 0.25) is 0 Å². The van der Waals surface area contributed by atoms with E-state index in [4.69, 9.17) is 4.98 Å². The molecule has 0 saturated heterocycles. The summed E-state index contributed by atoms with van der Waals surface area (Å²) in [6.45, 7) is 1.94. The van der Waals surface area contributed by atoms with Gasteiger partial charge in [0.2, 0.25) is 0 Å². The molecule has 1 aromatic carbocycles. The van der Waals surface area contributed by atoms with E-state index in [1.54, 1.807) is 24.7 Å². The maximum absolute atomic E-state index is 13.9. The number of aromatic amines is 1. The van der Waals surface area contributed by atoms with Gasteiger partial charge in [0.05, 0.1) is 23.4 Å². The second-order valence-corrected chi connectivity index (χ2v) is 6.20. The van der Waals surface area contributed by atoms with Gasteiger partial charge in [0.1, 0.15) is 35.6 Å². The lowest BCUT2D eigenvalue weighted by molar-refractivity contribution is 0.629. The Morgan fingerprint density at radius 2 is 2.04 bits per heavy atom. The van der Waals surface area contributed by atoms with Crippen molar-refractivity contribution in [1.29, 1.82) is 0 Å². The van der Waals surface area contributed by atoms with Gasteiger partial charge < -0.3 is 10.3 Å². The molecule has 4 heterocycles. The van der Waals surface area contributed by atoms with E-state index >= 15 is 0 Å². The number of imidazole rings is 2. The molecule has 138 valence electrons. The number of anilines is 1. The van der Waals surface area contributed by atoms with Gasteiger partial charge in [-0.25, -0.2) is 34.3 Å². The van der Waals surface area contributed by atoms with Crippen molar-refractivity contribution in [2.24, 2.45) is 0 Å². The summed E-state index contributed by atoms with van der Waals surface area (Å²) in [4.78, 5) is 28.6. The van der Waals surface area contributed by atoms with Crippen LogP contribution in [0.4, 0.5) is 10.2 Å². The van der Waals surface area contributed by atoms with Crippen LogP contribution in [0, 0.1) is 5.82 Å². The fourth-order valence-corrected chi connectivity index (χ4v) is 3.16. The molecule has 0 radical (unpaired) electrons. The normalized spacial score (nSPS) is 12.5. The fourth-order valence-electron chi connectivity index (χ4n) is 3.16. The van der Waals surface area contributed by atoms with Gasteiger partial charge in [-0.2, -0.15) is 0 Å². The Balaban J connectivity index is 1.64. The van der Waals surface area contributed by atoms with Crippen molar-refractivity contribution in [1.82, 2.24) is 39.5 Å². The number of halogens is 1. The minimum absolute atomic E-state index is 0.271. The van der Waals surface area contributed by atoms with Gasteiger partial charge in [-0.3, -0.25) is 4.57 Å². The Labute approximate surface area is 157 Å². The summed E-state index contributed by atoms with van der Waals surface area (Å²) < 4.78 is 15.7. The third kappa shape index (κ3) is 2.62. The molecule has 10 heteroatoms. The van der Waals surface area contributed by atoms with Crippen LogP contribution in [0.15, 0.2) is 49.4 Å². The molecule has 0 aliphatic rings. The van der Waals surface area contributed by atoms with Crippen LogP contribution >= 0.6 is 0 Å². The highest BCUT2D eigenvalue weighted by Crippen LogP contribution is 2.27. The number of fused-ring (bicyclic) bond motifs is 2. The minimum Gasteiger partial charge on any atom is -0.358 e. The SMILES string of the molecule is C[C@H](Nc1ncnc2nc[nH]c12)c1nc2ccc(F)cc2n1-c1ccncn1. The van der Waals surface area contributed by atoms with E-state index in [0.717, 1.165) is 0 Å². The molecular formula is C18H14FN9. The molecular weight excluding hydrogens is 361 g/mol. The Bertz CT molecular complexity index is 1280. The number of rotatable bonds is 4. The smallest absolute Gasteiger partial charge is 0.182 e. The largest absolute Gasteiger partial charge is 0.358 e. The summed E-state index contributed by atoms with van der Waals surface area (Å²) in [5, 5.41) is 3.33. The van der Waals surface area contributed by atoms with Crippen molar-refractivity contribution >= 4 is 28.0 Å². The van der Waals surface area contributed by atoms with Crippen LogP contribution in [0.3, 0.4) is 0 Å². The van der Waals surface area contributed by atoms with Crippen LogP contribution in [-0.4, -0.2) is 39.5 Å². The number of nitrogens with one attached hydrogen (secondary N) is 2. The van der Waals surface area contributed by atoms with Crippen molar-refractivity contribution in [3.8, 4) is 5.82 Å². The molecule has 5 aromatic rings. The van der Waals surface area contributed by atoms with Crippen LogP contribution in [0.25, 0.3) is 28.0 Å². The molecule has 0 saturated carbocycles. The standard InChI is InChI=1S/C18H14FN9/c1-10(26-17-15-16(23-8-22-15)24-9-25-17)18-27-12-3-2-11(19)6-13(12)28(18)14-4-5-20-7-21-14/h2-10H,1H3,(H2,22,23,24,25,26)/t10-/m0/s1. The first kappa shape index (κ1) is 16.2. The van der Waals surface area contributed by atoms with E-state index < -0.39 is 0 Å². The summed E-state index contributed by atoms with van der Waals surface area (Å²) in [7, 11) is 0. The zero-order chi connectivity index (χ0) is 19.1. The van der Waals surface area contributed by atoms with Gasteiger partial charge in [0.25, 0.3) is 0 Å². The Kier molecular flexibility index (Phi) is 3.68. The highest BCUT2D eigenvalue weighted by atomic mass is 19.1. The summed E-state index contributed by atoms with van der Waals surface area (Å²) in [6, 6.07) is 5.96. The summed E-state index contributed by atoms with van der Waals surface area (Å²) >= 11 is 0. The number of nitrogens with zero attached hydrogens (tertiary/aromatic N) is 7. The lowest BCUT2D eigenvalue weighted by Crippen LogP contribution is -2.15. The average Bonchev–Trinajstić information content (AvgIpc) is 3.33. The molecule has 1 atom stereocenters. The Morgan fingerprint density at radius 1 is 1.11 bits per heavy atom. The number of hydrogen-bond donors (Lipinski definition) is 2. The van der Waals surface area contributed by atoms with Gasteiger partial charge in [-0.1, -0.05) is 0 Å². The van der Waals surface area contributed by atoms with E-state index in [1.807, 2.05) is 11.5 Å². The van der Waals surface area contributed by atoms with Gasteiger partial charge >= 0.3 is 0 Å². The quantitative estimate of drug-likeness (QED) is 0.497. The highest BCUT2D eigenvalue weighted by Gasteiger charge is 2.20. The number of H-pyrrole nitrogens is 1. The third-order valence-electron chi connectivity index (χ3n) is 4.40. The molecule has 0 bridgehead atoms. The zero-order valence-corrected chi connectivity index (χ0v) is 14.7. The van der Waals surface area contributed by atoms with Crippen molar-refractivity contribution < 1.29 is 4.39 Å². The zero-order valence-electron chi connectivity index (χ0n) is 14.7. The first-order valence-corrected chi connectivity index (χ1v) is 8.55. The maximum atomic E-state index is 13.9. The number of benzene rings is 1. The van der Waals surface area contributed by atoms with E-state index in [1.165, 1.54) is 24.8 Å². The van der Waals surface area contributed by atoms with Crippen molar-refractivity contribution in [2.75, 3.05) is 5.32 Å². The summed E-state index contributed by atoms with van der Waals surface area (Å²) in [6.07, 6.45) is 6.09. The topological polar surface area (TPSA) is 110 Å². The lowest BCUT2D eigenvalue weighted by Gasteiger charge is -2.16. The first-order chi connectivity index (χ1) is 13.7. The Morgan fingerprint density at radius 3 is 2.89 bits per heavy atom. The Hall–Kier alpha value is -3.95. The molecule has 0 fully saturated rings. The molecule has 0 aliphatic carbocycles. The average molecular weight is 375 g/mol. The van der Waals surface area contributed by atoms with E-state index in [-0.39, 0.29) is 11.9 Å². The van der Waals surface area contributed by atoms with Crippen molar-refractivity contribution in [2.45, 2.75) is 13.0 Å². The maximum Gasteiger partial charge on any atom is 0.182 e. The molecule has 0 amide bonds. The second-order valence-electron chi connectivity index (χ2n) is 6.20. The first-order valence-electron chi connectivity index (χ1n) is 8.55. The molecule has 0 spiro atoms. The predicted molar refractivity (Wildman–Crippen MR) is 100 cm³/mol. The van der Waals surface area contributed by atoms with Crippen molar-refractivity contribution in [3.05, 3.63) is 61.1 Å². The molecule has 0 unspecified atom stereocenters. The van der Waals surface area contributed by atoms with Gasteiger partial charge in [0.15, 0.2) is 11.5 Å². The van der Waals surface area contributed by atoms with Crippen molar-refractivity contribution in [3.63, 3.8) is 0 Å². The van der Waals surface area contributed by atoms with E-state index in [9.17, 15) is 4.39 Å². The van der Waals surface area contributed by atoms with Gasteiger partial charge in [0, 0.05) is 12.3 Å². The fraction of sp³-hybridized carbons (Fsp3) is 0.111. The van der Waals surface area contributed by atoms with Crippen LogP contribution in [0.1, 0.15) is 18.8 Å². The minimum atomic E-state index is -0.343. The lowest BCUT2D eigenvalue weighted by atomic mass is 10.3. The molecule has 2 N–H and O–H groups in total. The second kappa shape index (κ2) is 6.34. The summed E-state index contributed by atoms with van der Waals surface area (Å²) in [5.41, 5.74) is 2.55. The number of aromatic nitrogens is 8. The monoisotopic (exact) mass is 375 g/mol. The number of hydrogen-bond acceptors (Lipinski definition) is 7. The van der Waals surface area contributed by atoms with E-state index in [0.29, 0.717) is 39.7 Å². The molecule has 9 nitrogen and oxygen atoms in total. The van der Waals surface area contributed by atoms with E-state index in [2.05, 4.69) is 35.2 Å². The molecule has 0 aliphatic heterocycles. The van der Waals surface area contributed by atoms with Gasteiger partial charge in [-0.15, -0.1) is 0 Å². The highest BCUT2D eigenvalue weighted by molar-refractivity contribution is 5.82. The van der Waals surface area contributed by atoms with Crippen LogP contribution in [0.5, 0.6) is 0 Å². The molecule has 4 aromatic heterocycles. The third-order valence-corrected chi connectivity index (χ3v) is 4.40. The van der Waals surface area contributed by atoms with Crippen LogP contribution in [-0.2, 0) is 0 Å².